The molecular formula is C6H9NS. The zero-order valence-corrected chi connectivity index (χ0v) is 5.73. The first-order valence-corrected chi connectivity index (χ1v) is 3.00. The maximum Gasteiger partial charge on any atom is 0.0477 e. The summed E-state index contributed by atoms with van der Waals surface area (Å²) in [5.74, 6) is 0. The lowest BCUT2D eigenvalue weighted by atomic mass is 10.4. The quantitative estimate of drug-likeness (QED) is 0.479. The van der Waals surface area contributed by atoms with Gasteiger partial charge in [0.05, 0.1) is 0 Å². The second-order valence-corrected chi connectivity index (χ2v) is 2.49. The smallest absolute Gasteiger partial charge is 0.0477 e. The van der Waals surface area contributed by atoms with E-state index in [2.05, 4.69) is 17.5 Å². The van der Waals surface area contributed by atoms with Gasteiger partial charge in [-0.3, -0.25) is 0 Å². The molecule has 0 saturated carbocycles. The predicted octanol–water partition coefficient (Wildman–Crippen LogP) is 1.26. The average molecular weight is 127 g/mol. The van der Waals surface area contributed by atoms with E-state index in [0.29, 0.717) is 0 Å². The number of thiol groups is 1. The first-order chi connectivity index (χ1) is 3.79. The number of hydrogen-bond donors (Lipinski definition) is 1. The molecule has 0 fully saturated rings. The third-order valence-electron chi connectivity index (χ3n) is 1.04. The molecule has 44 valence electrons. The topological polar surface area (TPSA) is 3.24 Å². The van der Waals surface area contributed by atoms with Gasteiger partial charge in [-0.05, 0) is 18.4 Å². The van der Waals surface area contributed by atoms with Crippen molar-refractivity contribution in [1.29, 1.82) is 0 Å². The molecule has 1 nitrogen and oxygen atoms in total. The molecule has 0 amide bonds. The zero-order valence-electron chi connectivity index (χ0n) is 4.83. The first kappa shape index (κ1) is 5.76. The van der Waals surface area contributed by atoms with Crippen molar-refractivity contribution in [2.75, 3.05) is 13.6 Å². The summed E-state index contributed by atoms with van der Waals surface area (Å²) in [5, 5.41) is 0. The van der Waals surface area contributed by atoms with Crippen molar-refractivity contribution in [3.8, 4) is 0 Å². The van der Waals surface area contributed by atoms with Crippen molar-refractivity contribution < 1.29 is 0 Å². The summed E-state index contributed by atoms with van der Waals surface area (Å²) in [4.78, 5) is 3.21. The van der Waals surface area contributed by atoms with Gasteiger partial charge in [0.15, 0.2) is 0 Å². The van der Waals surface area contributed by atoms with Crippen LogP contribution in [0.25, 0.3) is 0 Å². The van der Waals surface area contributed by atoms with Crippen molar-refractivity contribution in [3.05, 3.63) is 23.3 Å². The molecule has 0 spiro atoms. The van der Waals surface area contributed by atoms with Crippen LogP contribution in [-0.2, 0) is 0 Å². The molecular weight excluding hydrogens is 118 g/mol. The van der Waals surface area contributed by atoms with Gasteiger partial charge in [0.25, 0.3) is 0 Å². The van der Waals surface area contributed by atoms with Crippen molar-refractivity contribution in [2.24, 2.45) is 0 Å². The predicted molar refractivity (Wildman–Crippen MR) is 38.8 cm³/mol. The maximum absolute atomic E-state index is 4.19. The highest BCUT2D eigenvalue weighted by molar-refractivity contribution is 7.84. The Morgan fingerprint density at radius 1 is 1.75 bits per heavy atom. The third-order valence-corrected chi connectivity index (χ3v) is 1.33. The SMILES string of the molecule is CN1C=CC=C(S)C1. The number of likely N-dealkylation sites (N-methyl/N-ethyl adjacent to an activating group) is 1. The lowest BCUT2D eigenvalue weighted by molar-refractivity contribution is 0.501. The zero-order chi connectivity index (χ0) is 5.98. The molecule has 0 aliphatic carbocycles. The monoisotopic (exact) mass is 127 g/mol. The van der Waals surface area contributed by atoms with Gasteiger partial charge in [0.2, 0.25) is 0 Å². The molecule has 1 heterocycles. The standard InChI is InChI=1S/C6H9NS/c1-7-4-2-3-6(8)5-7/h2-4,8H,5H2,1H3. The molecule has 0 N–H and O–H groups in total. The lowest BCUT2D eigenvalue weighted by Crippen LogP contribution is -2.14. The molecule has 0 bridgehead atoms. The van der Waals surface area contributed by atoms with Crippen LogP contribution in [0, 0.1) is 0 Å². The highest BCUT2D eigenvalue weighted by Crippen LogP contribution is 2.07. The van der Waals surface area contributed by atoms with E-state index < -0.39 is 0 Å². The summed E-state index contributed by atoms with van der Waals surface area (Å²) in [6, 6.07) is 0. The summed E-state index contributed by atoms with van der Waals surface area (Å²) >= 11 is 4.19. The Bertz CT molecular complexity index is 137. The molecule has 0 aromatic carbocycles. The van der Waals surface area contributed by atoms with Crippen molar-refractivity contribution in [1.82, 2.24) is 4.90 Å². The van der Waals surface area contributed by atoms with E-state index in [9.17, 15) is 0 Å². The minimum Gasteiger partial charge on any atom is -0.376 e. The summed E-state index contributed by atoms with van der Waals surface area (Å²) in [6.45, 7) is 0.944. The van der Waals surface area contributed by atoms with Crippen LogP contribution in [0.3, 0.4) is 0 Å². The fourth-order valence-electron chi connectivity index (χ4n) is 0.662. The minimum atomic E-state index is 0.944. The minimum absolute atomic E-state index is 0.944. The summed E-state index contributed by atoms with van der Waals surface area (Å²) in [6.07, 6.45) is 6.02. The van der Waals surface area contributed by atoms with E-state index in [4.69, 9.17) is 0 Å². The number of allylic oxidation sites excluding steroid dienone is 2. The van der Waals surface area contributed by atoms with E-state index >= 15 is 0 Å². The highest BCUT2D eigenvalue weighted by Gasteiger charge is 1.95. The van der Waals surface area contributed by atoms with Crippen molar-refractivity contribution in [3.63, 3.8) is 0 Å². The summed E-state index contributed by atoms with van der Waals surface area (Å²) in [5.41, 5.74) is 0. The third kappa shape index (κ3) is 1.30. The van der Waals surface area contributed by atoms with Gasteiger partial charge in [0, 0.05) is 18.5 Å². The normalized spacial score (nSPS) is 18.8. The average Bonchev–Trinajstić information content (AvgIpc) is 1.64. The Labute approximate surface area is 55.1 Å². The largest absolute Gasteiger partial charge is 0.376 e. The van der Waals surface area contributed by atoms with Gasteiger partial charge in [-0.1, -0.05) is 0 Å². The molecule has 1 aliphatic heterocycles. The van der Waals surface area contributed by atoms with Gasteiger partial charge >= 0.3 is 0 Å². The van der Waals surface area contributed by atoms with Crippen LogP contribution in [0.2, 0.25) is 0 Å². The van der Waals surface area contributed by atoms with Crippen LogP contribution in [0.4, 0.5) is 0 Å². The Balaban J connectivity index is 2.59. The summed E-state index contributed by atoms with van der Waals surface area (Å²) < 4.78 is 0. The van der Waals surface area contributed by atoms with Crippen LogP contribution in [-0.4, -0.2) is 18.5 Å². The van der Waals surface area contributed by atoms with Gasteiger partial charge in [-0.15, -0.1) is 12.6 Å². The first-order valence-electron chi connectivity index (χ1n) is 2.55. The Morgan fingerprint density at radius 3 is 2.88 bits per heavy atom. The maximum atomic E-state index is 4.19. The number of nitrogens with zero attached hydrogens (tertiary/aromatic N) is 1. The van der Waals surface area contributed by atoms with Gasteiger partial charge in [-0.25, -0.2) is 0 Å². The lowest BCUT2D eigenvalue weighted by Gasteiger charge is -2.15. The molecule has 8 heavy (non-hydrogen) atoms. The number of rotatable bonds is 0. The van der Waals surface area contributed by atoms with Crippen LogP contribution in [0.1, 0.15) is 0 Å². The Kier molecular flexibility index (Phi) is 1.63. The molecule has 1 rings (SSSR count). The molecule has 0 unspecified atom stereocenters. The van der Waals surface area contributed by atoms with Crippen LogP contribution in [0.5, 0.6) is 0 Å². The van der Waals surface area contributed by atoms with E-state index in [0.717, 1.165) is 11.4 Å². The molecule has 1 aliphatic rings. The molecule has 0 aromatic heterocycles. The van der Waals surface area contributed by atoms with Crippen LogP contribution < -0.4 is 0 Å². The van der Waals surface area contributed by atoms with Crippen molar-refractivity contribution in [2.45, 2.75) is 0 Å². The van der Waals surface area contributed by atoms with Crippen LogP contribution in [0.15, 0.2) is 23.3 Å². The fraction of sp³-hybridized carbons (Fsp3) is 0.333. The molecule has 2 heteroatoms. The Hall–Kier alpha value is -0.370. The van der Waals surface area contributed by atoms with Gasteiger partial charge in [-0.2, -0.15) is 0 Å². The van der Waals surface area contributed by atoms with Crippen molar-refractivity contribution >= 4 is 12.6 Å². The second-order valence-electron chi connectivity index (χ2n) is 1.91. The molecule has 0 aromatic rings. The summed E-state index contributed by atoms with van der Waals surface area (Å²) in [7, 11) is 2.03. The molecule has 0 saturated heterocycles. The van der Waals surface area contributed by atoms with Gasteiger partial charge < -0.3 is 4.90 Å². The highest BCUT2D eigenvalue weighted by atomic mass is 32.1. The number of hydrogen-bond acceptors (Lipinski definition) is 2. The Morgan fingerprint density at radius 2 is 2.50 bits per heavy atom. The second kappa shape index (κ2) is 2.27. The molecule has 0 radical (unpaired) electrons. The van der Waals surface area contributed by atoms with E-state index in [1.165, 1.54) is 0 Å². The molecule has 0 atom stereocenters. The van der Waals surface area contributed by atoms with E-state index in [1.807, 2.05) is 25.4 Å². The van der Waals surface area contributed by atoms with E-state index in [1.54, 1.807) is 0 Å². The van der Waals surface area contributed by atoms with Gasteiger partial charge in [0.1, 0.15) is 0 Å². The fourth-order valence-corrected chi connectivity index (χ4v) is 0.971. The van der Waals surface area contributed by atoms with E-state index in [-0.39, 0.29) is 0 Å². The van der Waals surface area contributed by atoms with Crippen LogP contribution >= 0.6 is 12.6 Å².